The Morgan fingerprint density at radius 3 is 2.70 bits per heavy atom. The molecule has 0 aliphatic carbocycles. The second-order valence-electron chi connectivity index (χ2n) is 10.5. The van der Waals surface area contributed by atoms with Crippen LogP contribution in [0.25, 0.3) is 10.9 Å². The first-order chi connectivity index (χ1) is 17.8. The molecule has 1 N–H and O–H groups in total. The summed E-state index contributed by atoms with van der Waals surface area (Å²) >= 11 is 0. The average Bonchev–Trinajstić information content (AvgIpc) is 3.58. The maximum Gasteiger partial charge on any atom is 0.264 e. The second-order valence-corrected chi connectivity index (χ2v) is 10.5. The Labute approximate surface area is 214 Å². The third-order valence-electron chi connectivity index (χ3n) is 8.12. The minimum Gasteiger partial charge on any atom is -0.391 e. The molecule has 3 aromatic rings. The number of halogens is 2. The summed E-state index contributed by atoms with van der Waals surface area (Å²) in [6, 6.07) is 7.37. The zero-order valence-electron chi connectivity index (χ0n) is 21.2. The Balaban J connectivity index is 1.55. The number of nitrogens with zero attached hydrogens (tertiary/aromatic N) is 4. The van der Waals surface area contributed by atoms with Crippen LogP contribution in [0.15, 0.2) is 29.1 Å². The molecule has 0 radical (unpaired) electrons. The van der Waals surface area contributed by atoms with Crippen molar-refractivity contribution in [3.63, 3.8) is 0 Å². The van der Waals surface area contributed by atoms with Gasteiger partial charge in [0.2, 0.25) is 0 Å². The quantitative estimate of drug-likeness (QED) is 0.563. The zero-order valence-corrected chi connectivity index (χ0v) is 21.2. The lowest BCUT2D eigenvalue weighted by Crippen LogP contribution is -2.29. The highest BCUT2D eigenvalue weighted by atomic mass is 19.3. The van der Waals surface area contributed by atoms with E-state index in [9.17, 15) is 18.7 Å². The molecule has 0 bridgehead atoms. The monoisotopic (exact) mass is 510 g/mol. The summed E-state index contributed by atoms with van der Waals surface area (Å²) in [6.07, 6.45) is 0.0663. The summed E-state index contributed by atoms with van der Waals surface area (Å²) in [4.78, 5) is 21.9. The molecule has 2 aromatic heterocycles. The number of rotatable bonds is 4. The van der Waals surface area contributed by atoms with Gasteiger partial charge in [-0.3, -0.25) is 4.79 Å². The molecule has 5 heterocycles. The molecule has 37 heavy (non-hydrogen) atoms. The van der Waals surface area contributed by atoms with Crippen LogP contribution in [0.4, 0.5) is 26.1 Å². The van der Waals surface area contributed by atoms with Crippen LogP contribution >= 0.6 is 0 Å². The highest BCUT2D eigenvalue weighted by molar-refractivity contribution is 5.95. The number of aromatic nitrogens is 2. The molecule has 2 saturated heterocycles. The molecule has 3 aliphatic rings. The van der Waals surface area contributed by atoms with E-state index in [-0.39, 0.29) is 17.0 Å². The van der Waals surface area contributed by atoms with Gasteiger partial charge in [0.15, 0.2) is 0 Å². The van der Waals surface area contributed by atoms with Crippen molar-refractivity contribution in [2.75, 3.05) is 42.6 Å². The van der Waals surface area contributed by atoms with E-state index in [1.54, 1.807) is 24.6 Å². The number of pyridine rings is 2. The van der Waals surface area contributed by atoms with E-state index in [4.69, 9.17) is 9.72 Å². The van der Waals surface area contributed by atoms with Crippen molar-refractivity contribution in [1.82, 2.24) is 9.55 Å². The van der Waals surface area contributed by atoms with Gasteiger partial charge < -0.3 is 24.2 Å². The number of aryl methyl sites for hydroxylation is 3. The standard InChI is InChI=1S/C28H32F2N4O3/c1-16-10-22-24(32(2)28(16)36)13-25(33-8-5-19(35)14-33)31-27(22)34-7-3-4-17-11-20(18-6-9-37-15-18)21(26(29)30)12-23(17)34/h10-13,18-19,26,35H,3-9,14-15H2,1-2H3/t18?,19-/m1/s1. The van der Waals surface area contributed by atoms with Crippen molar-refractivity contribution in [3.05, 3.63) is 56.9 Å². The van der Waals surface area contributed by atoms with Gasteiger partial charge in [0.05, 0.1) is 18.2 Å². The number of alkyl halides is 2. The van der Waals surface area contributed by atoms with E-state index in [0.717, 1.165) is 41.4 Å². The summed E-state index contributed by atoms with van der Waals surface area (Å²) in [5, 5.41) is 10.9. The van der Waals surface area contributed by atoms with Crippen LogP contribution in [0.5, 0.6) is 0 Å². The van der Waals surface area contributed by atoms with Crippen molar-refractivity contribution < 1.29 is 18.6 Å². The first-order valence-electron chi connectivity index (χ1n) is 13.1. The Morgan fingerprint density at radius 2 is 2.00 bits per heavy atom. The maximum absolute atomic E-state index is 14.3. The molecule has 0 saturated carbocycles. The number of β-amino-alcohol motifs (C(OH)–C–C–N with tert-alkyl or cyclic N) is 1. The molecule has 0 spiro atoms. The van der Waals surface area contributed by atoms with Crippen molar-refractivity contribution in [3.8, 4) is 0 Å². The third kappa shape index (κ3) is 4.18. The smallest absolute Gasteiger partial charge is 0.264 e. The highest BCUT2D eigenvalue weighted by Gasteiger charge is 2.31. The van der Waals surface area contributed by atoms with Gasteiger partial charge in [0, 0.05) is 67.5 Å². The molecule has 3 aliphatic heterocycles. The lowest BCUT2D eigenvalue weighted by atomic mass is 9.88. The molecule has 1 unspecified atom stereocenters. The second kappa shape index (κ2) is 9.36. The molecule has 2 fully saturated rings. The Hall–Kier alpha value is -3.04. The lowest BCUT2D eigenvalue weighted by Gasteiger charge is -2.34. The molecule has 9 heteroatoms. The van der Waals surface area contributed by atoms with Crippen molar-refractivity contribution >= 4 is 28.2 Å². The number of ether oxygens (including phenoxy) is 1. The molecular formula is C28H32F2N4O3. The fourth-order valence-electron chi connectivity index (χ4n) is 6.11. The van der Waals surface area contributed by atoms with Gasteiger partial charge in [-0.2, -0.15) is 0 Å². The molecule has 0 amide bonds. The molecular weight excluding hydrogens is 478 g/mol. The summed E-state index contributed by atoms with van der Waals surface area (Å²) in [6.45, 7) is 4.63. The number of aliphatic hydroxyl groups is 1. The van der Waals surface area contributed by atoms with Crippen LogP contribution < -0.4 is 15.4 Å². The minimum atomic E-state index is -2.59. The predicted molar refractivity (Wildman–Crippen MR) is 139 cm³/mol. The van der Waals surface area contributed by atoms with Gasteiger partial charge in [-0.05, 0) is 55.9 Å². The number of benzene rings is 1. The van der Waals surface area contributed by atoms with Gasteiger partial charge in [0.1, 0.15) is 11.6 Å². The van der Waals surface area contributed by atoms with E-state index in [1.165, 1.54) is 0 Å². The molecule has 6 rings (SSSR count). The summed E-state index contributed by atoms with van der Waals surface area (Å²) in [5.41, 5.74) is 3.80. The fraction of sp³-hybridized carbons (Fsp3) is 0.500. The molecule has 7 nitrogen and oxygen atoms in total. The van der Waals surface area contributed by atoms with Gasteiger partial charge >= 0.3 is 0 Å². The minimum absolute atomic E-state index is 0.00859. The van der Waals surface area contributed by atoms with Crippen molar-refractivity contribution in [1.29, 1.82) is 0 Å². The van der Waals surface area contributed by atoms with Crippen LogP contribution in [0.1, 0.15) is 53.9 Å². The van der Waals surface area contributed by atoms with E-state index in [1.807, 2.05) is 28.0 Å². The highest BCUT2D eigenvalue weighted by Crippen LogP contribution is 2.43. The van der Waals surface area contributed by atoms with Crippen LogP contribution in [-0.4, -0.2) is 53.6 Å². The van der Waals surface area contributed by atoms with Crippen LogP contribution in [0.2, 0.25) is 0 Å². The first-order valence-corrected chi connectivity index (χ1v) is 13.1. The topological polar surface area (TPSA) is 70.8 Å². The number of anilines is 3. The van der Waals surface area contributed by atoms with Gasteiger partial charge in [-0.25, -0.2) is 13.8 Å². The molecule has 2 atom stereocenters. The fourth-order valence-corrected chi connectivity index (χ4v) is 6.11. The maximum atomic E-state index is 14.3. The Morgan fingerprint density at radius 1 is 1.16 bits per heavy atom. The number of aliphatic hydroxyl groups excluding tert-OH is 1. The van der Waals surface area contributed by atoms with E-state index < -0.39 is 12.5 Å². The largest absolute Gasteiger partial charge is 0.391 e. The Bertz CT molecular complexity index is 1420. The Kier molecular flexibility index (Phi) is 6.15. The lowest BCUT2D eigenvalue weighted by molar-refractivity contribution is 0.149. The summed E-state index contributed by atoms with van der Waals surface area (Å²) < 4.78 is 35.8. The van der Waals surface area contributed by atoms with E-state index in [0.29, 0.717) is 62.0 Å². The van der Waals surface area contributed by atoms with Gasteiger partial charge in [0.25, 0.3) is 12.0 Å². The van der Waals surface area contributed by atoms with Gasteiger partial charge in [-0.15, -0.1) is 0 Å². The number of hydrogen-bond acceptors (Lipinski definition) is 6. The summed E-state index contributed by atoms with van der Waals surface area (Å²) in [7, 11) is 1.75. The van der Waals surface area contributed by atoms with E-state index in [2.05, 4.69) is 0 Å². The van der Waals surface area contributed by atoms with Crippen LogP contribution in [0, 0.1) is 6.92 Å². The molecule has 196 valence electrons. The average molecular weight is 511 g/mol. The predicted octanol–water partition coefficient (Wildman–Crippen LogP) is 4.34. The van der Waals surface area contributed by atoms with E-state index >= 15 is 0 Å². The van der Waals surface area contributed by atoms with Crippen molar-refractivity contribution in [2.45, 2.75) is 51.1 Å². The van der Waals surface area contributed by atoms with Crippen LogP contribution in [0.3, 0.4) is 0 Å². The molecule has 1 aromatic carbocycles. The first kappa shape index (κ1) is 24.3. The summed E-state index contributed by atoms with van der Waals surface area (Å²) in [5.74, 6) is 1.33. The third-order valence-corrected chi connectivity index (χ3v) is 8.12. The number of fused-ring (bicyclic) bond motifs is 2. The number of hydrogen-bond donors (Lipinski definition) is 1. The van der Waals surface area contributed by atoms with Gasteiger partial charge in [-0.1, -0.05) is 6.07 Å². The zero-order chi connectivity index (χ0) is 25.8. The SMILES string of the molecule is Cc1cc2c(N3CCCc4cc(C5CCOC5)c(C(F)F)cc43)nc(N3CC[C@@H](O)C3)cc2n(C)c1=O. The van der Waals surface area contributed by atoms with Crippen molar-refractivity contribution in [2.24, 2.45) is 7.05 Å². The van der Waals surface area contributed by atoms with Crippen LogP contribution in [-0.2, 0) is 18.2 Å². The normalized spacial score (nSPS) is 21.9.